The van der Waals surface area contributed by atoms with Gasteiger partial charge < -0.3 is 20.7 Å². The van der Waals surface area contributed by atoms with Crippen molar-refractivity contribution in [1.82, 2.24) is 16.0 Å². The summed E-state index contributed by atoms with van der Waals surface area (Å²) in [5.41, 5.74) is -0.402. The van der Waals surface area contributed by atoms with Crippen molar-refractivity contribution in [2.45, 2.75) is 65.6 Å². The molecule has 0 aromatic carbocycles. The van der Waals surface area contributed by atoms with Crippen LogP contribution in [-0.4, -0.2) is 48.9 Å². The highest BCUT2D eigenvalue weighted by atomic mass is 16.5. The van der Waals surface area contributed by atoms with Crippen LogP contribution in [0.1, 0.15) is 47.5 Å². The van der Waals surface area contributed by atoms with Crippen LogP contribution in [0.2, 0.25) is 0 Å². The Morgan fingerprint density at radius 3 is 2.32 bits per heavy atom. The maximum Gasteiger partial charge on any atom is 0.328 e. The fraction of sp³-hybridized carbons (Fsp3) is 0.765. The van der Waals surface area contributed by atoms with Gasteiger partial charge in [-0.25, -0.2) is 4.79 Å². The summed E-state index contributed by atoms with van der Waals surface area (Å²) in [6, 6.07) is -2.35. The molecule has 0 aromatic heterocycles. The summed E-state index contributed by atoms with van der Waals surface area (Å²) in [7, 11) is 1.25. The molecule has 25 heavy (non-hydrogen) atoms. The van der Waals surface area contributed by atoms with Crippen LogP contribution >= 0.6 is 0 Å². The van der Waals surface area contributed by atoms with Crippen LogP contribution in [0.4, 0.5) is 0 Å². The Hall–Kier alpha value is -2.12. The van der Waals surface area contributed by atoms with Gasteiger partial charge in [-0.15, -0.1) is 0 Å². The molecule has 0 saturated carbocycles. The molecule has 3 atom stereocenters. The number of carbonyl (C=O) groups is 4. The van der Waals surface area contributed by atoms with Crippen LogP contribution in [0.25, 0.3) is 0 Å². The van der Waals surface area contributed by atoms with Gasteiger partial charge in [0.25, 0.3) is 0 Å². The number of ether oxygens (including phenoxy) is 1. The number of amides is 3. The van der Waals surface area contributed by atoms with E-state index in [1.165, 1.54) is 14.0 Å². The summed E-state index contributed by atoms with van der Waals surface area (Å²) in [5, 5.41) is 7.88. The van der Waals surface area contributed by atoms with Gasteiger partial charge in [-0.05, 0) is 24.7 Å². The molecule has 8 heteroatoms. The molecule has 0 aliphatic carbocycles. The van der Waals surface area contributed by atoms with Gasteiger partial charge in [0.2, 0.25) is 17.7 Å². The third-order valence-corrected chi connectivity index (χ3v) is 4.52. The molecule has 1 aliphatic rings. The summed E-state index contributed by atoms with van der Waals surface area (Å²) in [6.45, 7) is 8.89. The van der Waals surface area contributed by atoms with Gasteiger partial charge in [0, 0.05) is 6.42 Å². The molecule has 1 saturated heterocycles. The zero-order chi connectivity index (χ0) is 19.4. The first kappa shape index (κ1) is 20.9. The largest absolute Gasteiger partial charge is 0.467 e. The lowest BCUT2D eigenvalue weighted by Crippen LogP contribution is -2.60. The minimum atomic E-state index is -0.854. The van der Waals surface area contributed by atoms with Crippen LogP contribution < -0.4 is 16.0 Å². The first-order chi connectivity index (χ1) is 11.5. The molecule has 142 valence electrons. The summed E-state index contributed by atoms with van der Waals surface area (Å²) in [6.07, 6.45) is 0.970. The van der Waals surface area contributed by atoms with Gasteiger partial charge in [-0.2, -0.15) is 0 Å². The normalized spacial score (nSPS) is 21.7. The van der Waals surface area contributed by atoms with Crippen molar-refractivity contribution in [3.63, 3.8) is 0 Å². The van der Waals surface area contributed by atoms with Crippen molar-refractivity contribution < 1.29 is 23.9 Å². The van der Waals surface area contributed by atoms with Crippen molar-refractivity contribution in [3.05, 3.63) is 0 Å². The van der Waals surface area contributed by atoms with Crippen molar-refractivity contribution in [1.29, 1.82) is 0 Å². The fourth-order valence-corrected chi connectivity index (χ4v) is 2.69. The number of rotatable bonds is 6. The number of methoxy groups -OCH3 is 1. The lowest BCUT2D eigenvalue weighted by atomic mass is 9.77. The highest BCUT2D eigenvalue weighted by molar-refractivity contribution is 5.94. The molecule has 0 aromatic rings. The van der Waals surface area contributed by atoms with E-state index in [9.17, 15) is 19.2 Å². The van der Waals surface area contributed by atoms with Gasteiger partial charge in [0.05, 0.1) is 7.11 Å². The Labute approximate surface area is 148 Å². The first-order valence-electron chi connectivity index (χ1n) is 8.47. The molecule has 8 nitrogen and oxygen atoms in total. The molecular weight excluding hydrogens is 326 g/mol. The predicted octanol–water partition coefficient (Wildman–Crippen LogP) is 0.110. The number of piperidine rings is 1. The molecule has 1 rings (SSSR count). The van der Waals surface area contributed by atoms with Crippen LogP contribution in [0.5, 0.6) is 0 Å². The van der Waals surface area contributed by atoms with E-state index < -0.39 is 41.3 Å². The fourth-order valence-electron chi connectivity index (χ4n) is 2.69. The summed E-state index contributed by atoms with van der Waals surface area (Å²) in [4.78, 5) is 48.1. The number of hydrogen-bond donors (Lipinski definition) is 3. The van der Waals surface area contributed by atoms with Crippen LogP contribution in [-0.2, 0) is 23.9 Å². The molecular formula is C17H29N3O5. The SMILES string of the molecule is COC(=O)[C@@H](NC(=O)[C@H](C)NC(=O)[C@H]1NC(=O)CCC1(C)C)C(C)C. The zero-order valence-electron chi connectivity index (χ0n) is 15.8. The maximum absolute atomic E-state index is 12.5. The van der Waals surface area contributed by atoms with Gasteiger partial charge in [-0.1, -0.05) is 27.7 Å². The standard InChI is InChI=1S/C17H29N3O5/c1-9(2)12(16(24)25-6)20-14(22)10(3)18-15(23)13-17(4,5)8-7-11(21)19-13/h9-10,12-13H,7-8H2,1-6H3,(H,18,23)(H,19,21)(H,20,22)/t10-,12-,13+/m0/s1. The average Bonchev–Trinajstić information content (AvgIpc) is 2.53. The minimum absolute atomic E-state index is 0.157. The van der Waals surface area contributed by atoms with Crippen molar-refractivity contribution >= 4 is 23.7 Å². The third-order valence-electron chi connectivity index (χ3n) is 4.52. The zero-order valence-corrected chi connectivity index (χ0v) is 15.8. The molecule has 1 aliphatic heterocycles. The molecule has 3 N–H and O–H groups in total. The second-order valence-corrected chi connectivity index (χ2v) is 7.47. The molecule has 0 radical (unpaired) electrons. The van der Waals surface area contributed by atoms with E-state index in [1.54, 1.807) is 13.8 Å². The van der Waals surface area contributed by atoms with Crippen LogP contribution in [0.15, 0.2) is 0 Å². The maximum atomic E-state index is 12.5. The molecule has 0 spiro atoms. The van der Waals surface area contributed by atoms with E-state index in [0.29, 0.717) is 12.8 Å². The smallest absolute Gasteiger partial charge is 0.328 e. The van der Waals surface area contributed by atoms with Crippen molar-refractivity contribution in [2.75, 3.05) is 7.11 Å². The second-order valence-electron chi connectivity index (χ2n) is 7.47. The number of esters is 1. The predicted molar refractivity (Wildman–Crippen MR) is 91.3 cm³/mol. The Balaban J connectivity index is 2.71. The lowest BCUT2D eigenvalue weighted by Gasteiger charge is -2.38. The topological polar surface area (TPSA) is 114 Å². The Morgan fingerprint density at radius 1 is 1.20 bits per heavy atom. The first-order valence-corrected chi connectivity index (χ1v) is 8.47. The monoisotopic (exact) mass is 355 g/mol. The van der Waals surface area contributed by atoms with Gasteiger partial charge in [0.15, 0.2) is 0 Å². The summed E-state index contributed by atoms with van der Waals surface area (Å²) < 4.78 is 4.68. The lowest BCUT2D eigenvalue weighted by molar-refractivity contribution is -0.146. The summed E-state index contributed by atoms with van der Waals surface area (Å²) >= 11 is 0. The average molecular weight is 355 g/mol. The highest BCUT2D eigenvalue weighted by Gasteiger charge is 2.40. The molecule has 1 heterocycles. The van der Waals surface area contributed by atoms with Crippen LogP contribution in [0, 0.1) is 11.3 Å². The molecule has 3 amide bonds. The van der Waals surface area contributed by atoms with E-state index in [4.69, 9.17) is 0 Å². The van der Waals surface area contributed by atoms with E-state index in [1.807, 2.05) is 13.8 Å². The number of hydrogen-bond acceptors (Lipinski definition) is 5. The Morgan fingerprint density at radius 2 is 1.80 bits per heavy atom. The van der Waals surface area contributed by atoms with E-state index in [0.717, 1.165) is 0 Å². The quantitative estimate of drug-likeness (QED) is 0.585. The van der Waals surface area contributed by atoms with E-state index in [-0.39, 0.29) is 11.8 Å². The summed E-state index contributed by atoms with van der Waals surface area (Å²) in [5.74, 6) is -1.78. The van der Waals surface area contributed by atoms with E-state index >= 15 is 0 Å². The van der Waals surface area contributed by atoms with Gasteiger partial charge >= 0.3 is 5.97 Å². The minimum Gasteiger partial charge on any atom is -0.467 e. The second kappa shape index (κ2) is 8.31. The van der Waals surface area contributed by atoms with Crippen molar-refractivity contribution in [2.24, 2.45) is 11.3 Å². The van der Waals surface area contributed by atoms with Crippen LogP contribution in [0.3, 0.4) is 0 Å². The molecule has 1 fully saturated rings. The molecule has 0 bridgehead atoms. The number of carbonyl (C=O) groups excluding carboxylic acids is 4. The number of nitrogens with one attached hydrogen (secondary N) is 3. The van der Waals surface area contributed by atoms with Crippen molar-refractivity contribution in [3.8, 4) is 0 Å². The van der Waals surface area contributed by atoms with Gasteiger partial charge in [-0.3, -0.25) is 14.4 Å². The third kappa shape index (κ3) is 5.44. The highest BCUT2D eigenvalue weighted by Crippen LogP contribution is 2.30. The Kier molecular flexibility index (Phi) is 6.96. The Bertz CT molecular complexity index is 544. The van der Waals surface area contributed by atoms with Gasteiger partial charge in [0.1, 0.15) is 18.1 Å². The van der Waals surface area contributed by atoms with E-state index in [2.05, 4.69) is 20.7 Å². The molecule has 0 unspecified atom stereocenters.